The van der Waals surface area contributed by atoms with Crippen LogP contribution in [0.5, 0.6) is 0 Å². The lowest BCUT2D eigenvalue weighted by Crippen LogP contribution is -2.21. The van der Waals surface area contributed by atoms with E-state index in [1.165, 1.54) is 4.90 Å². The number of nitrogens with one attached hydrogen (secondary N) is 1. The summed E-state index contributed by atoms with van der Waals surface area (Å²) in [6, 6.07) is 11.9. The van der Waals surface area contributed by atoms with Crippen LogP contribution in [-0.4, -0.2) is 37.1 Å². The highest BCUT2D eigenvalue weighted by Gasteiger charge is 2.11. The summed E-state index contributed by atoms with van der Waals surface area (Å²) in [5, 5.41) is 3.39. The van der Waals surface area contributed by atoms with Crippen molar-refractivity contribution in [2.75, 3.05) is 25.7 Å². The lowest BCUT2D eigenvalue weighted by Gasteiger charge is -2.11. The van der Waals surface area contributed by atoms with Crippen LogP contribution in [0.4, 0.5) is 5.69 Å². The molecule has 0 aliphatic carbocycles. The number of nitrogens with zero attached hydrogens (tertiary/aromatic N) is 1. The van der Waals surface area contributed by atoms with Crippen LogP contribution in [-0.2, 0) is 0 Å². The van der Waals surface area contributed by atoms with Gasteiger partial charge in [-0.2, -0.15) is 0 Å². The van der Waals surface area contributed by atoms with Crippen molar-refractivity contribution in [3.8, 4) is 0 Å². The molecule has 23 heavy (non-hydrogen) atoms. The molecule has 120 valence electrons. The van der Waals surface area contributed by atoms with Crippen LogP contribution in [0.2, 0.25) is 5.02 Å². The SMILES string of the molecule is CSc1ccc(NC(=O)c2ccc(C(=O)N(C)C)cc2)cc1Cl. The van der Waals surface area contributed by atoms with Crippen LogP contribution in [0.1, 0.15) is 20.7 Å². The summed E-state index contributed by atoms with van der Waals surface area (Å²) in [7, 11) is 3.37. The molecule has 4 nitrogen and oxygen atoms in total. The van der Waals surface area contributed by atoms with Gasteiger partial charge in [0.25, 0.3) is 11.8 Å². The number of carbonyl (C=O) groups excluding carboxylic acids is 2. The monoisotopic (exact) mass is 348 g/mol. The van der Waals surface area contributed by atoms with Crippen molar-refractivity contribution in [2.45, 2.75) is 4.90 Å². The van der Waals surface area contributed by atoms with Crippen molar-refractivity contribution in [3.05, 3.63) is 58.6 Å². The molecule has 0 unspecified atom stereocenters. The molecule has 0 aliphatic heterocycles. The van der Waals surface area contributed by atoms with Crippen LogP contribution in [0, 0.1) is 0 Å². The second-order valence-corrected chi connectivity index (χ2v) is 6.34. The molecular weight excluding hydrogens is 332 g/mol. The van der Waals surface area contributed by atoms with E-state index >= 15 is 0 Å². The van der Waals surface area contributed by atoms with Gasteiger partial charge in [0.15, 0.2) is 0 Å². The molecule has 2 rings (SSSR count). The summed E-state index contributed by atoms with van der Waals surface area (Å²) in [6.45, 7) is 0. The third kappa shape index (κ3) is 4.27. The molecule has 2 aromatic carbocycles. The maximum Gasteiger partial charge on any atom is 0.255 e. The first kappa shape index (κ1) is 17.4. The minimum Gasteiger partial charge on any atom is -0.345 e. The molecule has 0 saturated carbocycles. The van der Waals surface area contributed by atoms with Crippen molar-refractivity contribution in [1.29, 1.82) is 0 Å². The molecule has 0 heterocycles. The van der Waals surface area contributed by atoms with Crippen LogP contribution in [0.3, 0.4) is 0 Å². The summed E-state index contributed by atoms with van der Waals surface area (Å²) in [4.78, 5) is 26.5. The Morgan fingerprint density at radius 1 is 1.04 bits per heavy atom. The van der Waals surface area contributed by atoms with Gasteiger partial charge in [-0.15, -0.1) is 11.8 Å². The fourth-order valence-corrected chi connectivity index (χ4v) is 2.84. The van der Waals surface area contributed by atoms with Gasteiger partial charge in [-0.1, -0.05) is 11.6 Å². The summed E-state index contributed by atoms with van der Waals surface area (Å²) in [6.07, 6.45) is 1.94. The van der Waals surface area contributed by atoms with Gasteiger partial charge < -0.3 is 10.2 Å². The van der Waals surface area contributed by atoms with E-state index in [4.69, 9.17) is 11.6 Å². The molecule has 0 radical (unpaired) electrons. The minimum absolute atomic E-state index is 0.101. The van der Waals surface area contributed by atoms with Gasteiger partial charge in [0.05, 0.1) is 5.02 Å². The van der Waals surface area contributed by atoms with Crippen molar-refractivity contribution < 1.29 is 9.59 Å². The first-order valence-corrected chi connectivity index (χ1v) is 8.49. The maximum absolute atomic E-state index is 12.2. The van der Waals surface area contributed by atoms with Crippen LogP contribution >= 0.6 is 23.4 Å². The molecule has 2 amide bonds. The number of amides is 2. The van der Waals surface area contributed by atoms with E-state index in [0.29, 0.717) is 21.8 Å². The van der Waals surface area contributed by atoms with E-state index in [0.717, 1.165) is 4.90 Å². The van der Waals surface area contributed by atoms with E-state index < -0.39 is 0 Å². The van der Waals surface area contributed by atoms with Gasteiger partial charge in [-0.05, 0) is 48.7 Å². The van der Waals surface area contributed by atoms with Crippen molar-refractivity contribution >= 4 is 40.9 Å². The second kappa shape index (κ2) is 7.53. The molecule has 0 atom stereocenters. The molecule has 0 saturated heterocycles. The standard InChI is InChI=1S/C17H17ClN2O2S/c1-20(2)17(22)12-6-4-11(5-7-12)16(21)19-13-8-9-15(23-3)14(18)10-13/h4-10H,1-3H3,(H,19,21). The number of rotatable bonds is 4. The summed E-state index contributed by atoms with van der Waals surface area (Å²) >= 11 is 7.68. The maximum atomic E-state index is 12.2. The van der Waals surface area contributed by atoms with Gasteiger partial charge in [0.1, 0.15) is 0 Å². The van der Waals surface area contributed by atoms with Gasteiger partial charge in [-0.3, -0.25) is 9.59 Å². The van der Waals surface area contributed by atoms with Crippen LogP contribution in [0.15, 0.2) is 47.4 Å². The zero-order chi connectivity index (χ0) is 17.0. The van der Waals surface area contributed by atoms with E-state index in [-0.39, 0.29) is 11.8 Å². The smallest absolute Gasteiger partial charge is 0.255 e. The molecular formula is C17H17ClN2O2S. The van der Waals surface area contributed by atoms with Gasteiger partial charge >= 0.3 is 0 Å². The predicted octanol–water partition coefficient (Wildman–Crippen LogP) is 4.02. The fourth-order valence-electron chi connectivity index (χ4n) is 1.97. The quantitative estimate of drug-likeness (QED) is 0.849. The number of benzene rings is 2. The van der Waals surface area contributed by atoms with Crippen LogP contribution < -0.4 is 5.32 Å². The molecule has 0 bridgehead atoms. The number of thioether (sulfide) groups is 1. The van der Waals surface area contributed by atoms with Gasteiger partial charge in [0.2, 0.25) is 0 Å². The summed E-state index contributed by atoms with van der Waals surface area (Å²) in [5.41, 5.74) is 1.65. The van der Waals surface area contributed by atoms with E-state index in [9.17, 15) is 9.59 Å². The Hall–Kier alpha value is -1.98. The normalized spacial score (nSPS) is 10.3. The summed E-state index contributed by atoms with van der Waals surface area (Å²) in [5.74, 6) is -0.349. The number of halogens is 1. The Morgan fingerprint density at radius 2 is 1.65 bits per heavy atom. The van der Waals surface area contributed by atoms with Gasteiger partial charge in [0, 0.05) is 35.8 Å². The number of anilines is 1. The number of hydrogen-bond acceptors (Lipinski definition) is 3. The molecule has 0 aromatic heterocycles. The fraction of sp³-hybridized carbons (Fsp3) is 0.176. The second-order valence-electron chi connectivity index (χ2n) is 5.08. The largest absolute Gasteiger partial charge is 0.345 e. The number of carbonyl (C=O) groups is 2. The third-order valence-corrected chi connectivity index (χ3v) is 4.43. The Kier molecular flexibility index (Phi) is 5.69. The molecule has 0 fully saturated rings. The predicted molar refractivity (Wildman–Crippen MR) is 95.6 cm³/mol. The molecule has 6 heteroatoms. The van der Waals surface area contributed by atoms with E-state index in [2.05, 4.69) is 5.32 Å². The highest BCUT2D eigenvalue weighted by atomic mass is 35.5. The average molecular weight is 349 g/mol. The number of hydrogen-bond donors (Lipinski definition) is 1. The Balaban J connectivity index is 2.12. The summed E-state index contributed by atoms with van der Waals surface area (Å²) < 4.78 is 0. The Labute approximate surface area is 144 Å². The lowest BCUT2D eigenvalue weighted by atomic mass is 10.1. The molecule has 0 spiro atoms. The molecule has 1 N–H and O–H groups in total. The topological polar surface area (TPSA) is 49.4 Å². The Morgan fingerprint density at radius 3 is 2.17 bits per heavy atom. The zero-order valence-corrected chi connectivity index (χ0v) is 14.7. The zero-order valence-electron chi connectivity index (χ0n) is 13.1. The van der Waals surface area contributed by atoms with E-state index in [1.54, 1.807) is 62.3 Å². The van der Waals surface area contributed by atoms with Gasteiger partial charge in [-0.25, -0.2) is 0 Å². The first-order chi connectivity index (χ1) is 10.9. The highest BCUT2D eigenvalue weighted by Crippen LogP contribution is 2.28. The van der Waals surface area contributed by atoms with E-state index in [1.807, 2.05) is 12.3 Å². The van der Waals surface area contributed by atoms with Crippen molar-refractivity contribution in [3.63, 3.8) is 0 Å². The van der Waals surface area contributed by atoms with Crippen LogP contribution in [0.25, 0.3) is 0 Å². The molecule has 0 aliphatic rings. The third-order valence-electron chi connectivity index (χ3n) is 3.21. The minimum atomic E-state index is -0.248. The lowest BCUT2D eigenvalue weighted by molar-refractivity contribution is 0.0827. The molecule has 2 aromatic rings. The van der Waals surface area contributed by atoms with Crippen molar-refractivity contribution in [1.82, 2.24) is 4.90 Å². The van der Waals surface area contributed by atoms with Crippen molar-refractivity contribution in [2.24, 2.45) is 0 Å². The first-order valence-electron chi connectivity index (χ1n) is 6.89. The average Bonchev–Trinajstić information content (AvgIpc) is 2.54. The Bertz CT molecular complexity index is 730. The highest BCUT2D eigenvalue weighted by molar-refractivity contribution is 7.98.